The number of carbonyl (C=O) groups is 2. The first-order chi connectivity index (χ1) is 31.3. The van der Waals surface area contributed by atoms with Crippen LogP contribution >= 0.6 is 0 Å². The summed E-state index contributed by atoms with van der Waals surface area (Å²) in [6.45, 7) is 8.66. The molecule has 0 N–H and O–H groups in total. The predicted octanol–water partition coefficient (Wildman–Crippen LogP) is 14.6. The van der Waals surface area contributed by atoms with E-state index in [1.807, 2.05) is 13.8 Å². The molecule has 328 valence electrons. The molecule has 6 aromatic carbocycles. The summed E-state index contributed by atoms with van der Waals surface area (Å²) < 4.78 is 10.7. The molecule has 6 nitrogen and oxygen atoms in total. The van der Waals surface area contributed by atoms with Gasteiger partial charge in [0.05, 0.1) is 13.2 Å². The summed E-state index contributed by atoms with van der Waals surface area (Å²) in [6, 6.07) is 53.7. The molecule has 1 aliphatic carbocycles. The quantitative estimate of drug-likeness (QED) is 0.0488. The number of benzene rings is 6. The van der Waals surface area contributed by atoms with Gasteiger partial charge in [-0.25, -0.2) is 9.59 Å². The van der Waals surface area contributed by atoms with Crippen LogP contribution in [-0.4, -0.2) is 25.2 Å². The summed E-state index contributed by atoms with van der Waals surface area (Å²) >= 11 is 0. The highest BCUT2D eigenvalue weighted by Gasteiger charge is 2.36. The average Bonchev–Trinajstić information content (AvgIpc) is 3.32. The number of aryl methyl sites for hydroxylation is 4. The third kappa shape index (κ3) is 11.5. The van der Waals surface area contributed by atoms with E-state index in [9.17, 15) is 9.59 Å². The molecule has 1 aliphatic rings. The molecule has 0 heterocycles. The Morgan fingerprint density at radius 2 is 0.781 bits per heavy atom. The van der Waals surface area contributed by atoms with Gasteiger partial charge in [-0.1, -0.05) is 115 Å². The summed E-state index contributed by atoms with van der Waals surface area (Å²) in [6.07, 6.45) is 15.3. The van der Waals surface area contributed by atoms with E-state index in [-0.39, 0.29) is 17.4 Å². The zero-order valence-electron chi connectivity index (χ0n) is 38.0. The maximum absolute atomic E-state index is 11.8. The lowest BCUT2D eigenvalue weighted by molar-refractivity contribution is -0.138. The maximum Gasteiger partial charge on any atom is 0.330 e. The summed E-state index contributed by atoms with van der Waals surface area (Å²) in [4.78, 5) is 28.2. The third-order valence-corrected chi connectivity index (χ3v) is 12.4. The van der Waals surface area contributed by atoms with Gasteiger partial charge < -0.3 is 19.3 Å². The molecule has 0 amide bonds. The first kappa shape index (κ1) is 45.4. The number of hydrogen-bond acceptors (Lipinski definition) is 6. The molecule has 1 saturated carbocycles. The molecule has 64 heavy (non-hydrogen) atoms. The first-order valence-electron chi connectivity index (χ1n) is 23.0. The Labute approximate surface area is 380 Å². The van der Waals surface area contributed by atoms with Gasteiger partial charge in [-0.3, -0.25) is 0 Å². The predicted molar refractivity (Wildman–Crippen MR) is 264 cm³/mol. The van der Waals surface area contributed by atoms with Crippen molar-refractivity contribution in [3.63, 3.8) is 0 Å². The molecule has 0 aromatic heterocycles. The van der Waals surface area contributed by atoms with Gasteiger partial charge in [0.2, 0.25) is 0 Å². The number of rotatable bonds is 18. The van der Waals surface area contributed by atoms with Crippen LogP contribution in [0.3, 0.4) is 0 Å². The van der Waals surface area contributed by atoms with E-state index in [1.54, 1.807) is 12.2 Å². The standard InChI is InChI=1S/C58H62N2O4/c1-5-12-56(61)63-42-10-14-46-20-32-52(33-21-46)60(53-34-22-47(23-35-53)15-11-43-64-57(62)13-6-2)55-38-26-49(27-39-55)58(40-8-7-9-41-58)48-24-36-54(37-25-48)59(50-28-16-44(3)17-29-50)51-30-18-45(4)19-31-51/h5-6,12-13,16-39H,7-11,14-15,40-43H2,1-4H3. The second kappa shape index (κ2) is 22.1. The highest BCUT2D eigenvalue weighted by Crippen LogP contribution is 2.47. The van der Waals surface area contributed by atoms with Crippen molar-refractivity contribution in [2.75, 3.05) is 23.0 Å². The van der Waals surface area contributed by atoms with Crippen LogP contribution in [0.2, 0.25) is 0 Å². The van der Waals surface area contributed by atoms with Crippen LogP contribution in [0.5, 0.6) is 0 Å². The molecular formula is C58H62N2O4. The monoisotopic (exact) mass is 850 g/mol. The molecule has 7 rings (SSSR count). The largest absolute Gasteiger partial charge is 0.463 e. The van der Waals surface area contributed by atoms with Crippen LogP contribution in [-0.2, 0) is 37.3 Å². The van der Waals surface area contributed by atoms with Gasteiger partial charge in [-0.05, 0) is 161 Å². The molecule has 1 fully saturated rings. The van der Waals surface area contributed by atoms with Gasteiger partial charge in [0, 0.05) is 51.7 Å². The summed E-state index contributed by atoms with van der Waals surface area (Å²) in [5.74, 6) is -0.602. The van der Waals surface area contributed by atoms with E-state index in [4.69, 9.17) is 9.47 Å². The number of allylic oxidation sites excluding steroid dienone is 2. The minimum Gasteiger partial charge on any atom is -0.463 e. The fourth-order valence-corrected chi connectivity index (χ4v) is 8.93. The van der Waals surface area contributed by atoms with E-state index >= 15 is 0 Å². The number of hydrogen-bond donors (Lipinski definition) is 0. The van der Waals surface area contributed by atoms with E-state index in [2.05, 4.69) is 169 Å². The zero-order valence-corrected chi connectivity index (χ0v) is 38.0. The van der Waals surface area contributed by atoms with Crippen LogP contribution in [0.15, 0.2) is 170 Å². The molecule has 0 saturated heterocycles. The highest BCUT2D eigenvalue weighted by atomic mass is 16.5. The second-order valence-corrected chi connectivity index (χ2v) is 17.0. The Hall–Kier alpha value is -6.66. The van der Waals surface area contributed by atoms with Gasteiger partial charge >= 0.3 is 11.9 Å². The van der Waals surface area contributed by atoms with Crippen molar-refractivity contribution < 1.29 is 19.1 Å². The van der Waals surface area contributed by atoms with Gasteiger partial charge in [-0.15, -0.1) is 0 Å². The third-order valence-electron chi connectivity index (χ3n) is 12.4. The number of carbonyl (C=O) groups excluding carboxylic acids is 2. The first-order valence-corrected chi connectivity index (χ1v) is 23.0. The van der Waals surface area contributed by atoms with E-state index < -0.39 is 0 Å². The fraction of sp³-hybridized carbons (Fsp3) is 0.276. The van der Waals surface area contributed by atoms with Crippen molar-refractivity contribution in [1.29, 1.82) is 0 Å². The lowest BCUT2D eigenvalue weighted by atomic mass is 9.65. The summed E-state index contributed by atoms with van der Waals surface area (Å²) in [5, 5.41) is 0. The van der Waals surface area contributed by atoms with Crippen molar-refractivity contribution in [1.82, 2.24) is 0 Å². The van der Waals surface area contributed by atoms with Crippen molar-refractivity contribution in [3.8, 4) is 0 Å². The molecule has 0 aliphatic heterocycles. The van der Waals surface area contributed by atoms with Crippen LogP contribution in [0, 0.1) is 13.8 Å². The van der Waals surface area contributed by atoms with Crippen LogP contribution in [0.1, 0.15) is 92.2 Å². The topological polar surface area (TPSA) is 59.1 Å². The Morgan fingerprint density at radius 3 is 1.11 bits per heavy atom. The molecule has 0 bridgehead atoms. The number of nitrogens with zero attached hydrogens (tertiary/aromatic N) is 2. The minimum absolute atomic E-state index is 0.0791. The van der Waals surface area contributed by atoms with Gasteiger partial charge in [0.1, 0.15) is 0 Å². The summed E-state index contributed by atoms with van der Waals surface area (Å²) in [5.41, 5.74) is 14.2. The van der Waals surface area contributed by atoms with Crippen molar-refractivity contribution >= 4 is 46.1 Å². The molecule has 6 heteroatoms. The molecule has 0 atom stereocenters. The van der Waals surface area contributed by atoms with E-state index in [1.165, 1.54) is 64.8 Å². The van der Waals surface area contributed by atoms with Crippen molar-refractivity contribution in [3.05, 3.63) is 203 Å². The molecular weight excluding hydrogens is 789 g/mol. The second-order valence-electron chi connectivity index (χ2n) is 17.0. The molecule has 0 spiro atoms. The Bertz CT molecular complexity index is 2340. The minimum atomic E-state index is -0.301. The zero-order chi connectivity index (χ0) is 44.7. The van der Waals surface area contributed by atoms with Gasteiger partial charge in [0.15, 0.2) is 0 Å². The Kier molecular flexibility index (Phi) is 15.7. The lowest BCUT2D eigenvalue weighted by Gasteiger charge is -2.39. The average molecular weight is 851 g/mol. The molecule has 0 unspecified atom stereocenters. The lowest BCUT2D eigenvalue weighted by Crippen LogP contribution is -2.30. The van der Waals surface area contributed by atoms with Crippen LogP contribution in [0.4, 0.5) is 34.1 Å². The van der Waals surface area contributed by atoms with E-state index in [0.29, 0.717) is 13.2 Å². The number of anilines is 6. The Balaban J connectivity index is 1.16. The smallest absolute Gasteiger partial charge is 0.330 e. The van der Waals surface area contributed by atoms with Crippen molar-refractivity contribution in [2.24, 2.45) is 0 Å². The number of ether oxygens (including phenoxy) is 2. The normalized spacial score (nSPS) is 13.5. The SMILES string of the molecule is CC=CC(=O)OCCCc1ccc(N(c2ccc(CCCOC(=O)C=CC)cc2)c2ccc(C3(c4ccc(N(c5ccc(C)cc5)c5ccc(C)cc5)cc4)CCCCC3)cc2)cc1. The van der Waals surface area contributed by atoms with Crippen LogP contribution < -0.4 is 9.80 Å². The fourth-order valence-electron chi connectivity index (χ4n) is 8.93. The number of esters is 2. The van der Waals surface area contributed by atoms with Crippen LogP contribution in [0.25, 0.3) is 0 Å². The highest BCUT2D eigenvalue weighted by molar-refractivity contribution is 5.82. The van der Waals surface area contributed by atoms with Gasteiger partial charge in [-0.2, -0.15) is 0 Å². The molecule has 0 radical (unpaired) electrons. The van der Waals surface area contributed by atoms with E-state index in [0.717, 1.165) is 72.6 Å². The van der Waals surface area contributed by atoms with Crippen molar-refractivity contribution in [2.45, 2.75) is 90.9 Å². The Morgan fingerprint density at radius 1 is 0.469 bits per heavy atom. The summed E-state index contributed by atoms with van der Waals surface area (Å²) in [7, 11) is 0. The maximum atomic E-state index is 11.8. The van der Waals surface area contributed by atoms with Gasteiger partial charge in [0.25, 0.3) is 0 Å². The molecule has 6 aromatic rings.